The van der Waals surface area contributed by atoms with Crippen LogP contribution in [-0.4, -0.2) is 46.3 Å². The zero-order valence-electron chi connectivity index (χ0n) is 11.2. The molecule has 8 nitrogen and oxygen atoms in total. The summed E-state index contributed by atoms with van der Waals surface area (Å²) in [6.45, 7) is 2.74. The van der Waals surface area contributed by atoms with E-state index >= 15 is 0 Å². The second-order valence-corrected chi connectivity index (χ2v) is 6.11. The molecular formula is C11H16N6O2S. The molecule has 0 unspecified atom stereocenters. The van der Waals surface area contributed by atoms with Gasteiger partial charge in [-0.2, -0.15) is 4.31 Å². The van der Waals surface area contributed by atoms with Crippen LogP contribution in [-0.2, 0) is 16.6 Å². The number of nitrogens with zero attached hydrogens (tertiary/aromatic N) is 4. The number of aromatic nitrogens is 4. The highest BCUT2D eigenvalue weighted by Gasteiger charge is 2.22. The minimum absolute atomic E-state index is 0.0493. The Morgan fingerprint density at radius 2 is 2.00 bits per heavy atom. The molecule has 0 saturated heterocycles. The molecule has 0 atom stereocenters. The van der Waals surface area contributed by atoms with Crippen LogP contribution in [0.3, 0.4) is 0 Å². The minimum Gasteiger partial charge on any atom is -0.355 e. The van der Waals surface area contributed by atoms with E-state index in [-0.39, 0.29) is 11.4 Å². The molecule has 2 aromatic heterocycles. The average molecular weight is 296 g/mol. The predicted octanol–water partition coefficient (Wildman–Crippen LogP) is 0.452. The molecule has 0 saturated carbocycles. The van der Waals surface area contributed by atoms with E-state index in [0.29, 0.717) is 18.3 Å². The Kier molecular flexibility index (Phi) is 4.30. The second-order valence-electron chi connectivity index (χ2n) is 4.07. The van der Waals surface area contributed by atoms with Gasteiger partial charge in [-0.15, -0.1) is 0 Å². The van der Waals surface area contributed by atoms with E-state index in [2.05, 4.69) is 25.3 Å². The van der Waals surface area contributed by atoms with Gasteiger partial charge in [-0.3, -0.25) is 0 Å². The lowest BCUT2D eigenvalue weighted by Crippen LogP contribution is -2.27. The van der Waals surface area contributed by atoms with Crippen LogP contribution in [0, 0.1) is 0 Å². The summed E-state index contributed by atoms with van der Waals surface area (Å²) in [6, 6.07) is 0. The van der Waals surface area contributed by atoms with Gasteiger partial charge in [-0.25, -0.2) is 23.4 Å². The summed E-state index contributed by atoms with van der Waals surface area (Å²) < 4.78 is 25.8. The molecule has 0 aliphatic carbocycles. The van der Waals surface area contributed by atoms with Crippen LogP contribution in [0.25, 0.3) is 0 Å². The maximum Gasteiger partial charge on any atom is 0.246 e. The molecule has 2 N–H and O–H groups in total. The van der Waals surface area contributed by atoms with E-state index in [1.54, 1.807) is 12.4 Å². The number of imidazole rings is 1. The third-order valence-electron chi connectivity index (χ3n) is 2.60. The number of aromatic amines is 1. The Hall–Kier alpha value is -2.00. The number of hydrogen-bond donors (Lipinski definition) is 2. The third-order valence-corrected chi connectivity index (χ3v) is 4.35. The molecular weight excluding hydrogens is 280 g/mol. The van der Waals surface area contributed by atoms with Gasteiger partial charge in [0.2, 0.25) is 16.0 Å². The smallest absolute Gasteiger partial charge is 0.246 e. The Morgan fingerprint density at radius 1 is 1.30 bits per heavy atom. The highest BCUT2D eigenvalue weighted by atomic mass is 32.2. The summed E-state index contributed by atoms with van der Waals surface area (Å²) in [5.74, 6) is 0.974. The van der Waals surface area contributed by atoms with Crippen LogP contribution in [0.1, 0.15) is 12.7 Å². The fraction of sp³-hybridized carbons (Fsp3) is 0.364. The van der Waals surface area contributed by atoms with Crippen LogP contribution in [0.5, 0.6) is 0 Å². The maximum atomic E-state index is 12.3. The van der Waals surface area contributed by atoms with Gasteiger partial charge in [-0.1, -0.05) is 0 Å². The maximum absolute atomic E-state index is 12.3. The molecule has 0 aliphatic heterocycles. The van der Waals surface area contributed by atoms with Crippen LogP contribution in [0.2, 0.25) is 0 Å². The molecule has 2 aromatic rings. The average Bonchev–Trinajstić information content (AvgIpc) is 2.92. The first-order chi connectivity index (χ1) is 9.54. The number of hydrogen-bond acceptors (Lipinski definition) is 6. The van der Waals surface area contributed by atoms with Crippen molar-refractivity contribution in [1.82, 2.24) is 24.2 Å². The van der Waals surface area contributed by atoms with E-state index < -0.39 is 10.0 Å². The second kappa shape index (κ2) is 5.97. The van der Waals surface area contributed by atoms with Crippen molar-refractivity contribution in [3.05, 3.63) is 30.6 Å². The van der Waals surface area contributed by atoms with Crippen molar-refractivity contribution in [3.63, 3.8) is 0 Å². The van der Waals surface area contributed by atoms with Gasteiger partial charge >= 0.3 is 0 Å². The largest absolute Gasteiger partial charge is 0.355 e. The lowest BCUT2D eigenvalue weighted by molar-refractivity contribution is 0.457. The molecule has 9 heteroatoms. The first-order valence-corrected chi connectivity index (χ1v) is 7.48. The predicted molar refractivity (Wildman–Crippen MR) is 73.4 cm³/mol. The number of nitrogens with one attached hydrogen (secondary N) is 2. The monoisotopic (exact) mass is 296 g/mol. The van der Waals surface area contributed by atoms with Gasteiger partial charge in [0.15, 0.2) is 0 Å². The van der Waals surface area contributed by atoms with Gasteiger partial charge in [0.25, 0.3) is 0 Å². The van der Waals surface area contributed by atoms with Crippen LogP contribution < -0.4 is 5.32 Å². The van der Waals surface area contributed by atoms with E-state index in [4.69, 9.17) is 0 Å². The summed E-state index contributed by atoms with van der Waals surface area (Å²) >= 11 is 0. The summed E-state index contributed by atoms with van der Waals surface area (Å²) in [7, 11) is -2.14. The van der Waals surface area contributed by atoms with Crippen molar-refractivity contribution in [2.45, 2.75) is 18.4 Å². The van der Waals surface area contributed by atoms with Gasteiger partial charge in [0.1, 0.15) is 10.7 Å². The molecule has 0 fully saturated rings. The van der Waals surface area contributed by atoms with E-state index in [1.165, 1.54) is 23.7 Å². The Morgan fingerprint density at radius 3 is 2.55 bits per heavy atom. The Balaban J connectivity index is 2.16. The van der Waals surface area contributed by atoms with Crippen molar-refractivity contribution in [2.24, 2.45) is 0 Å². The molecule has 20 heavy (non-hydrogen) atoms. The lowest BCUT2D eigenvalue weighted by Gasteiger charge is -2.15. The van der Waals surface area contributed by atoms with Crippen molar-refractivity contribution >= 4 is 16.0 Å². The molecule has 0 amide bonds. The van der Waals surface area contributed by atoms with E-state index in [1.807, 2.05) is 6.92 Å². The van der Waals surface area contributed by atoms with Crippen molar-refractivity contribution < 1.29 is 8.42 Å². The fourth-order valence-corrected chi connectivity index (χ4v) is 2.58. The van der Waals surface area contributed by atoms with Crippen LogP contribution >= 0.6 is 0 Å². The number of rotatable bonds is 6. The Labute approximate surface area is 117 Å². The summed E-state index contributed by atoms with van der Waals surface area (Å²) in [4.78, 5) is 14.8. The van der Waals surface area contributed by atoms with Crippen LogP contribution in [0.4, 0.5) is 5.95 Å². The van der Waals surface area contributed by atoms with Gasteiger partial charge in [0.05, 0.1) is 18.9 Å². The molecule has 2 heterocycles. The van der Waals surface area contributed by atoms with Crippen LogP contribution in [0.15, 0.2) is 29.7 Å². The normalized spacial score (nSPS) is 11.8. The molecule has 0 aliphatic rings. The highest BCUT2D eigenvalue weighted by molar-refractivity contribution is 7.89. The third kappa shape index (κ3) is 3.11. The Bertz CT molecular complexity index is 638. The first-order valence-electron chi connectivity index (χ1n) is 6.04. The summed E-state index contributed by atoms with van der Waals surface area (Å²) in [5, 5.41) is 2.91. The topological polar surface area (TPSA) is 104 Å². The van der Waals surface area contributed by atoms with Crippen molar-refractivity contribution in [3.8, 4) is 0 Å². The molecule has 108 valence electrons. The number of sulfonamides is 1. The van der Waals surface area contributed by atoms with Gasteiger partial charge in [-0.05, 0) is 6.92 Å². The molecule has 0 bridgehead atoms. The van der Waals surface area contributed by atoms with Gasteiger partial charge in [0, 0.05) is 26.0 Å². The zero-order valence-corrected chi connectivity index (χ0v) is 12.1. The summed E-state index contributed by atoms with van der Waals surface area (Å²) in [6.07, 6.45) is 5.80. The molecule has 0 spiro atoms. The van der Waals surface area contributed by atoms with E-state index in [0.717, 1.165) is 0 Å². The van der Waals surface area contributed by atoms with E-state index in [9.17, 15) is 8.42 Å². The fourth-order valence-electron chi connectivity index (χ4n) is 1.56. The highest BCUT2D eigenvalue weighted by Crippen LogP contribution is 2.14. The first kappa shape index (κ1) is 14.4. The zero-order chi connectivity index (χ0) is 14.6. The molecule has 0 aromatic carbocycles. The number of anilines is 1. The van der Waals surface area contributed by atoms with Gasteiger partial charge < -0.3 is 10.3 Å². The minimum atomic E-state index is -3.63. The molecule has 0 radical (unpaired) electrons. The standard InChI is InChI=1S/C11H16N6O2S/c1-3-12-11-15-6-9(7-16-11)20(18,19)17(2)8-10-13-4-5-14-10/h4-7H,3,8H2,1-2H3,(H,13,14)(H,12,15,16). The summed E-state index contributed by atoms with van der Waals surface area (Å²) in [5.41, 5.74) is 0. The lowest BCUT2D eigenvalue weighted by atomic mass is 10.6. The quantitative estimate of drug-likeness (QED) is 0.802. The SMILES string of the molecule is CCNc1ncc(S(=O)(=O)N(C)Cc2ncc[nH]2)cn1. The van der Waals surface area contributed by atoms with Crippen molar-refractivity contribution in [2.75, 3.05) is 18.9 Å². The molecule has 2 rings (SSSR count). The number of H-pyrrole nitrogens is 1. The van der Waals surface area contributed by atoms with Crippen molar-refractivity contribution in [1.29, 1.82) is 0 Å².